The number of hydrogen-bond donors (Lipinski definition) is 1. The molecule has 0 saturated heterocycles. The predicted octanol–water partition coefficient (Wildman–Crippen LogP) is 3.62. The molecule has 23 heavy (non-hydrogen) atoms. The van der Waals surface area contributed by atoms with Crippen LogP contribution in [-0.2, 0) is 13.0 Å². The van der Waals surface area contributed by atoms with Gasteiger partial charge in [-0.05, 0) is 18.9 Å². The van der Waals surface area contributed by atoms with E-state index >= 15 is 0 Å². The summed E-state index contributed by atoms with van der Waals surface area (Å²) in [7, 11) is 0. The van der Waals surface area contributed by atoms with E-state index in [-0.39, 0.29) is 23.1 Å². The van der Waals surface area contributed by atoms with Crippen LogP contribution >= 0.6 is 11.8 Å². The molecule has 0 radical (unpaired) electrons. The van der Waals surface area contributed by atoms with Gasteiger partial charge in [-0.25, -0.2) is 4.98 Å². The third kappa shape index (κ3) is 3.92. The van der Waals surface area contributed by atoms with Crippen molar-refractivity contribution >= 4 is 17.4 Å². The summed E-state index contributed by atoms with van der Waals surface area (Å²) in [6.45, 7) is 6.97. The maximum Gasteiger partial charge on any atom is 0.270 e. The molecule has 0 unspecified atom stereocenters. The van der Waals surface area contributed by atoms with Crippen LogP contribution in [-0.4, -0.2) is 26.2 Å². The highest BCUT2D eigenvalue weighted by molar-refractivity contribution is 7.99. The monoisotopic (exact) mass is 335 g/mol. The SMILES string of the molecule is CCn1c(CCO)nc(C(C)C)c1Sc1cccc([N+](=O)[O-])c1. The van der Waals surface area contributed by atoms with Gasteiger partial charge in [0, 0.05) is 30.0 Å². The number of nitrogens with zero attached hydrogens (tertiary/aromatic N) is 3. The molecule has 0 atom stereocenters. The highest BCUT2D eigenvalue weighted by Gasteiger charge is 2.20. The summed E-state index contributed by atoms with van der Waals surface area (Å²) in [5, 5.41) is 21.2. The Labute approximate surface area is 139 Å². The van der Waals surface area contributed by atoms with E-state index in [4.69, 9.17) is 0 Å². The first-order valence-corrected chi connectivity index (χ1v) is 8.42. The summed E-state index contributed by atoms with van der Waals surface area (Å²) < 4.78 is 2.08. The van der Waals surface area contributed by atoms with E-state index in [1.165, 1.54) is 17.8 Å². The van der Waals surface area contributed by atoms with E-state index in [0.29, 0.717) is 6.42 Å². The van der Waals surface area contributed by atoms with Crippen molar-refractivity contribution in [1.82, 2.24) is 9.55 Å². The van der Waals surface area contributed by atoms with Gasteiger partial charge in [-0.2, -0.15) is 0 Å². The molecule has 0 aliphatic carbocycles. The quantitative estimate of drug-likeness (QED) is 0.617. The average Bonchev–Trinajstić information content (AvgIpc) is 2.85. The van der Waals surface area contributed by atoms with Gasteiger partial charge in [0.25, 0.3) is 5.69 Å². The van der Waals surface area contributed by atoms with Crippen LogP contribution in [0.4, 0.5) is 5.69 Å². The molecular formula is C16H21N3O3S. The molecule has 6 nitrogen and oxygen atoms in total. The van der Waals surface area contributed by atoms with Crippen molar-refractivity contribution < 1.29 is 10.0 Å². The van der Waals surface area contributed by atoms with Gasteiger partial charge in [0.15, 0.2) is 0 Å². The van der Waals surface area contributed by atoms with Gasteiger partial charge in [0.2, 0.25) is 0 Å². The van der Waals surface area contributed by atoms with Crippen molar-refractivity contribution in [3.8, 4) is 0 Å². The number of aromatic nitrogens is 2. The number of rotatable bonds is 7. The Kier molecular flexibility index (Phi) is 5.79. The summed E-state index contributed by atoms with van der Waals surface area (Å²) in [4.78, 5) is 16.0. The maximum absolute atomic E-state index is 10.9. The first-order valence-electron chi connectivity index (χ1n) is 7.60. The van der Waals surface area contributed by atoms with Crippen molar-refractivity contribution in [2.75, 3.05) is 6.61 Å². The van der Waals surface area contributed by atoms with Gasteiger partial charge in [-0.15, -0.1) is 0 Å². The molecule has 0 fully saturated rings. The van der Waals surface area contributed by atoms with Gasteiger partial charge < -0.3 is 9.67 Å². The maximum atomic E-state index is 10.9. The van der Waals surface area contributed by atoms with Crippen molar-refractivity contribution in [3.05, 3.63) is 45.9 Å². The number of hydrogen-bond acceptors (Lipinski definition) is 5. The molecule has 2 aromatic rings. The number of non-ortho nitro benzene ring substituents is 1. The first-order chi connectivity index (χ1) is 11.0. The van der Waals surface area contributed by atoms with Crippen LogP contribution in [0.15, 0.2) is 34.2 Å². The van der Waals surface area contributed by atoms with Gasteiger partial charge in [0.1, 0.15) is 10.9 Å². The Bertz CT molecular complexity index is 698. The molecule has 124 valence electrons. The normalized spacial score (nSPS) is 11.2. The molecule has 0 aliphatic heterocycles. The van der Waals surface area contributed by atoms with Crippen LogP contribution in [0.2, 0.25) is 0 Å². The zero-order valence-corrected chi connectivity index (χ0v) is 14.3. The predicted molar refractivity (Wildman–Crippen MR) is 90.0 cm³/mol. The summed E-state index contributed by atoms with van der Waals surface area (Å²) >= 11 is 1.49. The summed E-state index contributed by atoms with van der Waals surface area (Å²) in [5.74, 6) is 1.09. The van der Waals surface area contributed by atoms with Gasteiger partial charge in [0.05, 0.1) is 17.2 Å². The Morgan fingerprint density at radius 1 is 1.43 bits per heavy atom. The zero-order chi connectivity index (χ0) is 17.0. The molecule has 0 bridgehead atoms. The fourth-order valence-electron chi connectivity index (χ4n) is 2.38. The zero-order valence-electron chi connectivity index (χ0n) is 13.5. The van der Waals surface area contributed by atoms with E-state index < -0.39 is 0 Å². The van der Waals surface area contributed by atoms with E-state index in [0.717, 1.165) is 28.0 Å². The molecule has 0 amide bonds. The highest BCUT2D eigenvalue weighted by atomic mass is 32.2. The van der Waals surface area contributed by atoms with Crippen LogP contribution in [0.1, 0.15) is 38.2 Å². The number of aliphatic hydroxyl groups excluding tert-OH is 1. The Hall–Kier alpha value is -1.86. The Morgan fingerprint density at radius 2 is 2.17 bits per heavy atom. The average molecular weight is 335 g/mol. The fourth-order valence-corrected chi connectivity index (χ4v) is 3.66. The number of aliphatic hydroxyl groups is 1. The Morgan fingerprint density at radius 3 is 2.74 bits per heavy atom. The second kappa shape index (κ2) is 7.61. The lowest BCUT2D eigenvalue weighted by atomic mass is 10.1. The van der Waals surface area contributed by atoms with Crippen molar-refractivity contribution in [3.63, 3.8) is 0 Å². The highest BCUT2D eigenvalue weighted by Crippen LogP contribution is 2.36. The Balaban J connectivity index is 2.45. The van der Waals surface area contributed by atoms with Crippen molar-refractivity contribution in [1.29, 1.82) is 0 Å². The molecular weight excluding hydrogens is 314 g/mol. The van der Waals surface area contributed by atoms with Crippen LogP contribution in [0.25, 0.3) is 0 Å². The number of imidazole rings is 1. The second-order valence-electron chi connectivity index (χ2n) is 5.45. The molecule has 1 N–H and O–H groups in total. The van der Waals surface area contributed by atoms with Crippen molar-refractivity contribution in [2.45, 2.75) is 49.6 Å². The lowest BCUT2D eigenvalue weighted by Crippen LogP contribution is -2.05. The summed E-state index contributed by atoms with van der Waals surface area (Å²) in [6.07, 6.45) is 0.503. The standard InChI is InChI=1S/C16H21N3O3S/c1-4-18-14(8-9-20)17-15(11(2)3)16(18)23-13-7-5-6-12(10-13)19(21)22/h5-7,10-11,20H,4,8-9H2,1-3H3. The summed E-state index contributed by atoms with van der Waals surface area (Å²) in [6, 6.07) is 6.62. The fraction of sp³-hybridized carbons (Fsp3) is 0.438. The molecule has 7 heteroatoms. The van der Waals surface area contributed by atoms with Gasteiger partial charge >= 0.3 is 0 Å². The van der Waals surface area contributed by atoms with E-state index in [1.54, 1.807) is 12.1 Å². The van der Waals surface area contributed by atoms with E-state index in [9.17, 15) is 15.2 Å². The third-order valence-electron chi connectivity index (χ3n) is 3.47. The summed E-state index contributed by atoms with van der Waals surface area (Å²) in [5.41, 5.74) is 1.05. The van der Waals surface area contributed by atoms with E-state index in [1.807, 2.05) is 13.0 Å². The third-order valence-corrected chi connectivity index (χ3v) is 4.58. The molecule has 0 spiro atoms. The lowest BCUT2D eigenvalue weighted by molar-refractivity contribution is -0.385. The van der Waals surface area contributed by atoms with Crippen molar-refractivity contribution in [2.24, 2.45) is 0 Å². The van der Waals surface area contributed by atoms with E-state index in [2.05, 4.69) is 23.4 Å². The largest absolute Gasteiger partial charge is 0.396 e. The van der Waals surface area contributed by atoms with Crippen LogP contribution in [0.3, 0.4) is 0 Å². The minimum atomic E-state index is -0.387. The van der Waals surface area contributed by atoms with Crippen LogP contribution < -0.4 is 0 Å². The van der Waals surface area contributed by atoms with Gasteiger partial charge in [-0.1, -0.05) is 31.7 Å². The minimum Gasteiger partial charge on any atom is -0.396 e. The molecule has 0 aliphatic rings. The van der Waals surface area contributed by atoms with Crippen LogP contribution in [0, 0.1) is 10.1 Å². The number of nitro groups is 1. The van der Waals surface area contributed by atoms with Gasteiger partial charge in [-0.3, -0.25) is 10.1 Å². The lowest BCUT2D eigenvalue weighted by Gasteiger charge is -2.11. The minimum absolute atomic E-state index is 0.0511. The molecule has 2 rings (SSSR count). The number of nitro benzene ring substituents is 1. The molecule has 1 heterocycles. The number of benzene rings is 1. The smallest absolute Gasteiger partial charge is 0.270 e. The topological polar surface area (TPSA) is 81.2 Å². The molecule has 1 aromatic heterocycles. The molecule has 1 aromatic carbocycles. The molecule has 0 saturated carbocycles. The second-order valence-corrected chi connectivity index (χ2v) is 6.51. The van der Waals surface area contributed by atoms with Crippen LogP contribution in [0.5, 0.6) is 0 Å². The first kappa shape index (κ1) is 17.5.